The van der Waals surface area contributed by atoms with E-state index in [0.717, 1.165) is 11.3 Å². The summed E-state index contributed by atoms with van der Waals surface area (Å²) in [5, 5.41) is 3.35. The topological polar surface area (TPSA) is 39.2 Å². The number of nitrogens with two attached hydrogens (primary N) is 1. The Kier molecular flexibility index (Phi) is 2.50. The fourth-order valence-electron chi connectivity index (χ4n) is 2.07. The van der Waals surface area contributed by atoms with E-state index in [1.807, 2.05) is 13.0 Å². The number of hydrogen-bond acceptors (Lipinski definition) is 3. The first-order valence-electron chi connectivity index (χ1n) is 5.52. The molecular formula is C14H13NOS. The van der Waals surface area contributed by atoms with E-state index in [1.54, 1.807) is 17.6 Å². The van der Waals surface area contributed by atoms with Crippen LogP contribution in [0, 0.1) is 6.92 Å². The molecule has 0 aliphatic rings. The number of rotatable bonds is 2. The summed E-state index contributed by atoms with van der Waals surface area (Å²) in [6.45, 7) is 1.93. The summed E-state index contributed by atoms with van der Waals surface area (Å²) in [6.07, 6.45) is 1.74. The highest BCUT2D eigenvalue weighted by Crippen LogP contribution is 2.31. The normalized spacial score (nSPS) is 13.1. The highest BCUT2D eigenvalue weighted by atomic mass is 32.1. The summed E-state index contributed by atoms with van der Waals surface area (Å²) in [7, 11) is 0. The smallest absolute Gasteiger partial charge is 0.101 e. The lowest BCUT2D eigenvalue weighted by Gasteiger charge is -2.10. The molecule has 3 heteroatoms. The van der Waals surface area contributed by atoms with Crippen LogP contribution >= 0.6 is 11.3 Å². The third kappa shape index (κ3) is 1.77. The molecule has 0 aliphatic heterocycles. The Labute approximate surface area is 104 Å². The van der Waals surface area contributed by atoms with Gasteiger partial charge in [0, 0.05) is 10.3 Å². The average Bonchev–Trinajstić information content (AvgIpc) is 2.95. The van der Waals surface area contributed by atoms with E-state index >= 15 is 0 Å². The lowest BCUT2D eigenvalue weighted by molar-refractivity contribution is 0.530. The first-order chi connectivity index (χ1) is 8.25. The Morgan fingerprint density at radius 1 is 1.29 bits per heavy atom. The van der Waals surface area contributed by atoms with Gasteiger partial charge in [-0.25, -0.2) is 0 Å². The molecule has 0 amide bonds. The zero-order chi connectivity index (χ0) is 11.8. The second kappa shape index (κ2) is 4.02. The highest BCUT2D eigenvalue weighted by Gasteiger charge is 2.14. The lowest BCUT2D eigenvalue weighted by atomic mass is 10.0. The highest BCUT2D eigenvalue weighted by molar-refractivity contribution is 7.17. The maximum absolute atomic E-state index is 6.30. The predicted octanol–water partition coefficient (Wildman–Crippen LogP) is 3.85. The van der Waals surface area contributed by atoms with Crippen molar-refractivity contribution in [3.8, 4) is 0 Å². The van der Waals surface area contributed by atoms with Crippen LogP contribution in [0.3, 0.4) is 0 Å². The van der Waals surface area contributed by atoms with Gasteiger partial charge in [0.05, 0.1) is 12.3 Å². The molecular weight excluding hydrogens is 230 g/mol. The third-order valence-corrected chi connectivity index (χ3v) is 3.93. The summed E-state index contributed by atoms with van der Waals surface area (Å²) < 4.78 is 6.59. The van der Waals surface area contributed by atoms with Gasteiger partial charge in [0.15, 0.2) is 0 Å². The van der Waals surface area contributed by atoms with Crippen molar-refractivity contribution in [3.05, 3.63) is 58.9 Å². The molecule has 17 heavy (non-hydrogen) atoms. The average molecular weight is 243 g/mol. The first kappa shape index (κ1) is 10.6. The molecule has 0 aliphatic carbocycles. The summed E-state index contributed by atoms with van der Waals surface area (Å²) in [6, 6.07) is 10.3. The van der Waals surface area contributed by atoms with Crippen molar-refractivity contribution in [2.45, 2.75) is 13.0 Å². The SMILES string of the molecule is Cc1cc(C(N)c2cccc3ccsc23)co1. The zero-order valence-corrected chi connectivity index (χ0v) is 10.3. The molecule has 0 bridgehead atoms. The maximum Gasteiger partial charge on any atom is 0.101 e. The molecule has 0 fully saturated rings. The van der Waals surface area contributed by atoms with Crippen molar-refractivity contribution in [3.63, 3.8) is 0 Å². The minimum absolute atomic E-state index is 0.116. The molecule has 2 heterocycles. The Balaban J connectivity index is 2.12. The van der Waals surface area contributed by atoms with Gasteiger partial charge in [0.25, 0.3) is 0 Å². The largest absolute Gasteiger partial charge is 0.469 e. The van der Waals surface area contributed by atoms with Gasteiger partial charge in [-0.05, 0) is 35.4 Å². The van der Waals surface area contributed by atoms with Crippen LogP contribution in [0.25, 0.3) is 10.1 Å². The molecule has 0 saturated heterocycles. The van der Waals surface area contributed by atoms with Gasteiger partial charge in [-0.2, -0.15) is 0 Å². The van der Waals surface area contributed by atoms with Crippen LogP contribution in [0.5, 0.6) is 0 Å². The summed E-state index contributed by atoms with van der Waals surface area (Å²) in [5.74, 6) is 0.897. The van der Waals surface area contributed by atoms with Crippen molar-refractivity contribution in [2.24, 2.45) is 5.73 Å². The molecule has 1 unspecified atom stereocenters. The van der Waals surface area contributed by atoms with Crippen LogP contribution in [0.4, 0.5) is 0 Å². The fourth-order valence-corrected chi connectivity index (χ4v) is 3.02. The van der Waals surface area contributed by atoms with Crippen LogP contribution < -0.4 is 5.73 Å². The van der Waals surface area contributed by atoms with E-state index in [-0.39, 0.29) is 6.04 Å². The Bertz CT molecular complexity index is 653. The molecule has 3 rings (SSSR count). The minimum Gasteiger partial charge on any atom is -0.469 e. The van der Waals surface area contributed by atoms with E-state index in [4.69, 9.17) is 10.2 Å². The van der Waals surface area contributed by atoms with Gasteiger partial charge in [-0.1, -0.05) is 18.2 Å². The van der Waals surface area contributed by atoms with Crippen molar-refractivity contribution in [1.82, 2.24) is 0 Å². The van der Waals surface area contributed by atoms with Gasteiger partial charge in [-0.3, -0.25) is 0 Å². The fraction of sp³-hybridized carbons (Fsp3) is 0.143. The summed E-state index contributed by atoms with van der Waals surface area (Å²) in [4.78, 5) is 0. The molecule has 2 N–H and O–H groups in total. The van der Waals surface area contributed by atoms with E-state index in [2.05, 4.69) is 29.6 Å². The van der Waals surface area contributed by atoms with Crippen LogP contribution in [0.2, 0.25) is 0 Å². The molecule has 2 nitrogen and oxygen atoms in total. The third-order valence-electron chi connectivity index (χ3n) is 2.95. The zero-order valence-electron chi connectivity index (χ0n) is 9.51. The van der Waals surface area contributed by atoms with E-state index in [9.17, 15) is 0 Å². The monoisotopic (exact) mass is 243 g/mol. The number of aryl methyl sites for hydroxylation is 1. The quantitative estimate of drug-likeness (QED) is 0.742. The molecule has 0 spiro atoms. The molecule has 3 aromatic rings. The van der Waals surface area contributed by atoms with Gasteiger partial charge in [-0.15, -0.1) is 11.3 Å². The van der Waals surface area contributed by atoms with Crippen LogP contribution in [-0.2, 0) is 0 Å². The van der Waals surface area contributed by atoms with Gasteiger partial charge in [0.2, 0.25) is 0 Å². The van der Waals surface area contributed by atoms with Gasteiger partial charge >= 0.3 is 0 Å². The van der Waals surface area contributed by atoms with Crippen LogP contribution in [-0.4, -0.2) is 0 Å². The summed E-state index contributed by atoms with van der Waals surface area (Å²) >= 11 is 1.73. The molecule has 1 atom stereocenters. The van der Waals surface area contributed by atoms with Crippen LogP contribution in [0.1, 0.15) is 22.9 Å². The van der Waals surface area contributed by atoms with E-state index in [0.29, 0.717) is 0 Å². The van der Waals surface area contributed by atoms with Crippen molar-refractivity contribution >= 4 is 21.4 Å². The Morgan fingerprint density at radius 3 is 2.94 bits per heavy atom. The summed E-state index contributed by atoms with van der Waals surface area (Å²) in [5.41, 5.74) is 8.50. The number of fused-ring (bicyclic) bond motifs is 1. The first-order valence-corrected chi connectivity index (χ1v) is 6.40. The molecule has 86 valence electrons. The van der Waals surface area contributed by atoms with Crippen molar-refractivity contribution in [2.75, 3.05) is 0 Å². The van der Waals surface area contributed by atoms with E-state index < -0.39 is 0 Å². The predicted molar refractivity (Wildman–Crippen MR) is 71.3 cm³/mol. The van der Waals surface area contributed by atoms with Gasteiger partial charge in [0.1, 0.15) is 5.76 Å². The standard InChI is InChI=1S/C14H13NOS/c1-9-7-11(8-16-9)13(15)12-4-2-3-10-5-6-17-14(10)12/h2-8,13H,15H2,1H3. The minimum atomic E-state index is -0.116. The molecule has 0 saturated carbocycles. The molecule has 1 aromatic carbocycles. The number of thiophene rings is 1. The molecule has 2 aromatic heterocycles. The Hall–Kier alpha value is -1.58. The van der Waals surface area contributed by atoms with Crippen LogP contribution in [0.15, 0.2) is 46.4 Å². The molecule has 0 radical (unpaired) electrons. The second-order valence-corrected chi connectivity index (χ2v) is 5.07. The lowest BCUT2D eigenvalue weighted by Crippen LogP contribution is -2.10. The Morgan fingerprint density at radius 2 is 2.18 bits per heavy atom. The van der Waals surface area contributed by atoms with Crippen molar-refractivity contribution < 1.29 is 4.42 Å². The number of hydrogen-bond donors (Lipinski definition) is 1. The number of furan rings is 1. The second-order valence-electron chi connectivity index (χ2n) is 4.15. The maximum atomic E-state index is 6.30. The van der Waals surface area contributed by atoms with Crippen molar-refractivity contribution in [1.29, 1.82) is 0 Å². The van der Waals surface area contributed by atoms with E-state index in [1.165, 1.54) is 15.6 Å². The number of benzene rings is 1. The van der Waals surface area contributed by atoms with Gasteiger partial charge < -0.3 is 10.2 Å².